The number of benzene rings is 1. The Morgan fingerprint density at radius 2 is 2.29 bits per heavy atom. The van der Waals surface area contributed by atoms with Crippen LogP contribution in [0.1, 0.15) is 18.1 Å². The van der Waals surface area contributed by atoms with Gasteiger partial charge in [0, 0.05) is 6.08 Å². The van der Waals surface area contributed by atoms with Gasteiger partial charge in [-0.05, 0) is 36.8 Å². The molecule has 0 saturated carbocycles. The average molecular weight is 231 g/mol. The van der Waals surface area contributed by atoms with Gasteiger partial charge in [-0.1, -0.05) is 0 Å². The number of carbonyl (C=O) groups excluding carboxylic acids is 1. The highest BCUT2D eigenvalue weighted by molar-refractivity contribution is 5.87. The number of hydrogen-bond acceptors (Lipinski definition) is 4. The molecule has 0 radical (unpaired) electrons. The summed E-state index contributed by atoms with van der Waals surface area (Å²) in [6.45, 7) is 2.07. The Labute approximate surface area is 100 Å². The standard InChI is InChI=1S/C13H13NO3/c1-3-17-13(15)7-5-10-4-6-12(16-2)8-11(10)9-14/h4-8H,3H2,1-2H3. The molecule has 0 heterocycles. The first-order valence-corrected chi connectivity index (χ1v) is 5.14. The molecule has 0 aliphatic heterocycles. The number of hydrogen-bond donors (Lipinski definition) is 0. The van der Waals surface area contributed by atoms with Gasteiger partial charge in [-0.25, -0.2) is 4.79 Å². The van der Waals surface area contributed by atoms with Gasteiger partial charge in [0.2, 0.25) is 0 Å². The molecular weight excluding hydrogens is 218 g/mol. The van der Waals surface area contributed by atoms with Crippen molar-refractivity contribution in [1.82, 2.24) is 0 Å². The largest absolute Gasteiger partial charge is 0.497 e. The third-order valence-corrected chi connectivity index (χ3v) is 2.07. The first-order valence-electron chi connectivity index (χ1n) is 5.14. The lowest BCUT2D eigenvalue weighted by atomic mass is 10.1. The number of carbonyl (C=O) groups is 1. The van der Waals surface area contributed by atoms with Crippen LogP contribution in [0.5, 0.6) is 5.75 Å². The Morgan fingerprint density at radius 1 is 1.53 bits per heavy atom. The smallest absolute Gasteiger partial charge is 0.330 e. The lowest BCUT2D eigenvalue weighted by Gasteiger charge is -2.02. The molecule has 17 heavy (non-hydrogen) atoms. The van der Waals surface area contributed by atoms with Crippen molar-refractivity contribution in [3.63, 3.8) is 0 Å². The van der Waals surface area contributed by atoms with Crippen LogP contribution in [0.15, 0.2) is 24.3 Å². The monoisotopic (exact) mass is 231 g/mol. The summed E-state index contributed by atoms with van der Waals surface area (Å²) >= 11 is 0. The normalized spacial score (nSPS) is 9.94. The molecule has 0 unspecified atom stereocenters. The molecule has 1 aromatic rings. The summed E-state index contributed by atoms with van der Waals surface area (Å²) in [5.41, 5.74) is 1.10. The van der Waals surface area contributed by atoms with Crippen molar-refractivity contribution in [2.24, 2.45) is 0 Å². The maximum atomic E-state index is 11.1. The van der Waals surface area contributed by atoms with E-state index in [1.54, 1.807) is 31.2 Å². The minimum atomic E-state index is -0.424. The zero-order chi connectivity index (χ0) is 12.7. The molecule has 0 aliphatic rings. The number of rotatable bonds is 4. The van der Waals surface area contributed by atoms with E-state index in [4.69, 9.17) is 14.7 Å². The topological polar surface area (TPSA) is 59.3 Å². The van der Waals surface area contributed by atoms with E-state index < -0.39 is 5.97 Å². The number of ether oxygens (including phenoxy) is 2. The van der Waals surface area contributed by atoms with Crippen molar-refractivity contribution >= 4 is 12.0 Å². The Kier molecular flexibility index (Phi) is 4.77. The number of nitrogens with zero attached hydrogens (tertiary/aromatic N) is 1. The first kappa shape index (κ1) is 12.8. The summed E-state index contributed by atoms with van der Waals surface area (Å²) in [6.07, 6.45) is 2.85. The molecule has 0 saturated heterocycles. The summed E-state index contributed by atoms with van der Waals surface area (Å²) in [7, 11) is 1.53. The van der Waals surface area contributed by atoms with Crippen LogP contribution < -0.4 is 4.74 Å². The van der Waals surface area contributed by atoms with Gasteiger partial charge in [0.15, 0.2) is 0 Å². The molecule has 0 amide bonds. The minimum Gasteiger partial charge on any atom is -0.497 e. The summed E-state index contributed by atoms with van der Waals surface area (Å²) in [4.78, 5) is 11.1. The van der Waals surface area contributed by atoms with Gasteiger partial charge >= 0.3 is 5.97 Å². The number of esters is 1. The maximum Gasteiger partial charge on any atom is 0.330 e. The van der Waals surface area contributed by atoms with Gasteiger partial charge < -0.3 is 9.47 Å². The Balaban J connectivity index is 2.92. The lowest BCUT2D eigenvalue weighted by Crippen LogP contribution is -1.98. The van der Waals surface area contributed by atoms with Gasteiger partial charge in [0.05, 0.1) is 25.3 Å². The third kappa shape index (κ3) is 3.65. The van der Waals surface area contributed by atoms with Gasteiger partial charge in [0.25, 0.3) is 0 Å². The molecule has 0 spiro atoms. The molecule has 1 rings (SSSR count). The van der Waals surface area contributed by atoms with Crippen molar-refractivity contribution in [1.29, 1.82) is 5.26 Å². The van der Waals surface area contributed by atoms with Crippen molar-refractivity contribution in [3.05, 3.63) is 35.4 Å². The second-order valence-corrected chi connectivity index (χ2v) is 3.15. The van der Waals surface area contributed by atoms with Crippen molar-refractivity contribution in [2.45, 2.75) is 6.92 Å². The van der Waals surface area contributed by atoms with Crippen LogP contribution in [0.3, 0.4) is 0 Å². The minimum absolute atomic E-state index is 0.330. The predicted molar refractivity (Wildman–Crippen MR) is 63.4 cm³/mol. The molecule has 0 aromatic heterocycles. The van der Waals surface area contributed by atoms with E-state index in [1.165, 1.54) is 13.2 Å². The summed E-state index contributed by atoms with van der Waals surface area (Å²) < 4.78 is 9.76. The van der Waals surface area contributed by atoms with E-state index in [-0.39, 0.29) is 0 Å². The van der Waals surface area contributed by atoms with Gasteiger partial charge in [-0.15, -0.1) is 0 Å². The van der Waals surface area contributed by atoms with E-state index in [9.17, 15) is 4.79 Å². The second kappa shape index (κ2) is 6.33. The van der Waals surface area contributed by atoms with E-state index in [1.807, 2.05) is 6.07 Å². The molecule has 0 aliphatic carbocycles. The number of nitriles is 1. The Hall–Kier alpha value is -2.28. The molecule has 0 fully saturated rings. The van der Waals surface area contributed by atoms with Crippen LogP contribution in [0.4, 0.5) is 0 Å². The summed E-state index contributed by atoms with van der Waals surface area (Å²) in [5, 5.41) is 8.95. The lowest BCUT2D eigenvalue weighted by molar-refractivity contribution is -0.137. The quantitative estimate of drug-likeness (QED) is 0.588. The third-order valence-electron chi connectivity index (χ3n) is 2.07. The van der Waals surface area contributed by atoms with Gasteiger partial charge in [-0.3, -0.25) is 0 Å². The fourth-order valence-electron chi connectivity index (χ4n) is 1.25. The highest BCUT2D eigenvalue weighted by Gasteiger charge is 2.02. The Morgan fingerprint density at radius 3 is 2.88 bits per heavy atom. The molecule has 0 N–H and O–H groups in total. The molecule has 88 valence electrons. The van der Waals surface area contributed by atoms with Gasteiger partial charge in [0.1, 0.15) is 5.75 Å². The molecule has 4 nitrogen and oxygen atoms in total. The zero-order valence-corrected chi connectivity index (χ0v) is 9.77. The zero-order valence-electron chi connectivity index (χ0n) is 9.77. The highest BCUT2D eigenvalue weighted by atomic mass is 16.5. The van der Waals surface area contributed by atoms with Gasteiger partial charge in [-0.2, -0.15) is 5.26 Å². The van der Waals surface area contributed by atoms with E-state index in [2.05, 4.69) is 0 Å². The first-order chi connectivity index (χ1) is 8.21. The Bertz CT molecular complexity index is 472. The molecule has 0 atom stereocenters. The molecule has 1 aromatic carbocycles. The van der Waals surface area contributed by atoms with Crippen LogP contribution in [-0.2, 0) is 9.53 Å². The molecule has 4 heteroatoms. The second-order valence-electron chi connectivity index (χ2n) is 3.15. The maximum absolute atomic E-state index is 11.1. The highest BCUT2D eigenvalue weighted by Crippen LogP contribution is 2.18. The van der Waals surface area contributed by atoms with Crippen LogP contribution in [-0.4, -0.2) is 19.7 Å². The molecular formula is C13H13NO3. The number of methoxy groups -OCH3 is 1. The van der Waals surface area contributed by atoms with Crippen molar-refractivity contribution in [3.8, 4) is 11.8 Å². The van der Waals surface area contributed by atoms with Crippen molar-refractivity contribution in [2.75, 3.05) is 13.7 Å². The summed E-state index contributed by atoms with van der Waals surface area (Å²) in [5.74, 6) is 0.182. The van der Waals surface area contributed by atoms with Crippen LogP contribution in [0.25, 0.3) is 6.08 Å². The fourth-order valence-corrected chi connectivity index (χ4v) is 1.25. The van der Waals surface area contributed by atoms with Crippen LogP contribution >= 0.6 is 0 Å². The summed E-state index contributed by atoms with van der Waals surface area (Å²) in [6, 6.07) is 7.10. The molecule has 0 bridgehead atoms. The fraction of sp³-hybridized carbons (Fsp3) is 0.231. The van der Waals surface area contributed by atoms with Crippen LogP contribution in [0, 0.1) is 11.3 Å². The van der Waals surface area contributed by atoms with E-state index in [0.717, 1.165) is 0 Å². The van der Waals surface area contributed by atoms with E-state index in [0.29, 0.717) is 23.5 Å². The predicted octanol–water partition coefficient (Wildman–Crippen LogP) is 2.14. The van der Waals surface area contributed by atoms with Crippen molar-refractivity contribution < 1.29 is 14.3 Å². The average Bonchev–Trinajstić information content (AvgIpc) is 2.36. The van der Waals surface area contributed by atoms with Crippen LogP contribution in [0.2, 0.25) is 0 Å². The van der Waals surface area contributed by atoms with E-state index >= 15 is 0 Å². The SMILES string of the molecule is CCOC(=O)C=Cc1ccc(OC)cc1C#N.